The quantitative estimate of drug-likeness (QED) is 0.794. The minimum absolute atomic E-state index is 0.340. The molecule has 2 aliphatic heterocycles. The summed E-state index contributed by atoms with van der Waals surface area (Å²) >= 11 is 0. The van der Waals surface area contributed by atoms with Crippen LogP contribution in [0.1, 0.15) is 47.0 Å². The number of piperazine rings is 1. The van der Waals surface area contributed by atoms with Gasteiger partial charge in [0.25, 0.3) is 0 Å². The highest BCUT2D eigenvalue weighted by molar-refractivity contribution is 5.79. The Bertz CT molecular complexity index is 327. The standard InChI is InChI=1S/C17H33N3O/c1-14(2)12-18-8-10-19(11-9-18)13-17(21)20-15(3)6-5-7-16(20)4/h14-16H,5-13H2,1-4H3. The summed E-state index contributed by atoms with van der Waals surface area (Å²) in [5.41, 5.74) is 0. The van der Waals surface area contributed by atoms with E-state index >= 15 is 0 Å². The molecule has 2 heterocycles. The van der Waals surface area contributed by atoms with E-state index in [-0.39, 0.29) is 0 Å². The predicted octanol–water partition coefficient (Wildman–Crippen LogP) is 2.05. The van der Waals surface area contributed by atoms with Gasteiger partial charge in [0, 0.05) is 44.8 Å². The van der Waals surface area contributed by atoms with E-state index in [0.717, 1.165) is 44.9 Å². The first-order valence-electron chi connectivity index (χ1n) is 8.73. The maximum Gasteiger partial charge on any atom is 0.237 e. The average Bonchev–Trinajstić information content (AvgIpc) is 2.40. The van der Waals surface area contributed by atoms with Crippen molar-refractivity contribution in [1.82, 2.24) is 14.7 Å². The molecule has 0 aromatic rings. The number of hydrogen-bond donors (Lipinski definition) is 0. The first kappa shape index (κ1) is 16.8. The van der Waals surface area contributed by atoms with Gasteiger partial charge in [-0.05, 0) is 39.0 Å². The number of likely N-dealkylation sites (tertiary alicyclic amines) is 1. The highest BCUT2D eigenvalue weighted by Crippen LogP contribution is 2.22. The van der Waals surface area contributed by atoms with E-state index in [4.69, 9.17) is 0 Å². The van der Waals surface area contributed by atoms with E-state index < -0.39 is 0 Å². The Morgan fingerprint density at radius 2 is 1.52 bits per heavy atom. The molecule has 2 aliphatic rings. The van der Waals surface area contributed by atoms with Crippen molar-refractivity contribution in [3.63, 3.8) is 0 Å². The number of carbonyl (C=O) groups is 1. The summed E-state index contributed by atoms with van der Waals surface area (Å²) in [6, 6.07) is 0.840. The fourth-order valence-electron chi connectivity index (χ4n) is 3.83. The Balaban J connectivity index is 1.78. The van der Waals surface area contributed by atoms with E-state index in [0.29, 0.717) is 24.5 Å². The van der Waals surface area contributed by atoms with Crippen LogP contribution in [0.5, 0.6) is 0 Å². The summed E-state index contributed by atoms with van der Waals surface area (Å²) in [6.45, 7) is 15.0. The third-order valence-electron chi connectivity index (χ3n) is 4.93. The molecule has 2 saturated heterocycles. The van der Waals surface area contributed by atoms with Crippen molar-refractivity contribution in [2.75, 3.05) is 39.3 Å². The van der Waals surface area contributed by atoms with Crippen molar-refractivity contribution < 1.29 is 4.79 Å². The van der Waals surface area contributed by atoms with Crippen molar-refractivity contribution in [3.8, 4) is 0 Å². The third kappa shape index (κ3) is 4.68. The lowest BCUT2D eigenvalue weighted by atomic mass is 9.97. The molecule has 0 aliphatic carbocycles. The van der Waals surface area contributed by atoms with E-state index in [9.17, 15) is 4.79 Å². The Hall–Kier alpha value is -0.610. The van der Waals surface area contributed by atoms with Gasteiger partial charge in [-0.3, -0.25) is 9.69 Å². The normalized spacial score (nSPS) is 29.1. The van der Waals surface area contributed by atoms with Crippen LogP contribution in [0.15, 0.2) is 0 Å². The number of rotatable bonds is 4. The second-order valence-corrected chi connectivity index (χ2v) is 7.40. The Morgan fingerprint density at radius 1 is 1.00 bits per heavy atom. The fraction of sp³-hybridized carbons (Fsp3) is 0.941. The van der Waals surface area contributed by atoms with Gasteiger partial charge in [0.05, 0.1) is 6.54 Å². The van der Waals surface area contributed by atoms with Crippen molar-refractivity contribution in [1.29, 1.82) is 0 Å². The maximum atomic E-state index is 12.6. The molecular weight excluding hydrogens is 262 g/mol. The highest BCUT2D eigenvalue weighted by Gasteiger charge is 2.30. The molecule has 4 heteroatoms. The number of nitrogens with zero attached hydrogens (tertiary/aromatic N) is 3. The first-order valence-corrected chi connectivity index (χ1v) is 8.73. The van der Waals surface area contributed by atoms with Crippen LogP contribution < -0.4 is 0 Å². The van der Waals surface area contributed by atoms with Gasteiger partial charge in [0.2, 0.25) is 5.91 Å². The number of piperidine rings is 1. The zero-order valence-corrected chi connectivity index (χ0v) is 14.3. The summed E-state index contributed by atoms with van der Waals surface area (Å²) in [5, 5.41) is 0. The molecule has 2 rings (SSSR count). The molecule has 21 heavy (non-hydrogen) atoms. The van der Waals surface area contributed by atoms with Crippen molar-refractivity contribution >= 4 is 5.91 Å². The zero-order chi connectivity index (χ0) is 15.4. The van der Waals surface area contributed by atoms with Crippen molar-refractivity contribution in [2.24, 2.45) is 5.92 Å². The van der Waals surface area contributed by atoms with Gasteiger partial charge in [0.15, 0.2) is 0 Å². The molecule has 2 unspecified atom stereocenters. The minimum Gasteiger partial charge on any atom is -0.336 e. The van der Waals surface area contributed by atoms with Gasteiger partial charge in [-0.15, -0.1) is 0 Å². The second-order valence-electron chi connectivity index (χ2n) is 7.40. The minimum atomic E-state index is 0.340. The smallest absolute Gasteiger partial charge is 0.237 e. The molecule has 0 aromatic heterocycles. The number of hydrogen-bond acceptors (Lipinski definition) is 3. The van der Waals surface area contributed by atoms with Gasteiger partial charge in [0.1, 0.15) is 0 Å². The van der Waals surface area contributed by atoms with Crippen LogP contribution >= 0.6 is 0 Å². The number of amides is 1. The van der Waals surface area contributed by atoms with Crippen LogP contribution in [0.2, 0.25) is 0 Å². The molecule has 0 spiro atoms. The van der Waals surface area contributed by atoms with Crippen LogP contribution in [-0.2, 0) is 4.79 Å². The molecule has 122 valence electrons. The van der Waals surface area contributed by atoms with Crippen LogP contribution in [0.3, 0.4) is 0 Å². The summed E-state index contributed by atoms with van der Waals surface area (Å²) in [5.74, 6) is 1.07. The van der Waals surface area contributed by atoms with Gasteiger partial charge in [-0.2, -0.15) is 0 Å². The number of carbonyl (C=O) groups excluding carboxylic acids is 1. The lowest BCUT2D eigenvalue weighted by molar-refractivity contribution is -0.139. The van der Waals surface area contributed by atoms with Crippen LogP contribution in [0.25, 0.3) is 0 Å². The summed E-state index contributed by atoms with van der Waals surface area (Å²) in [7, 11) is 0. The molecule has 1 amide bonds. The van der Waals surface area contributed by atoms with Crippen molar-refractivity contribution in [2.45, 2.75) is 59.0 Å². The first-order chi connectivity index (χ1) is 9.97. The van der Waals surface area contributed by atoms with E-state index in [2.05, 4.69) is 42.4 Å². The summed E-state index contributed by atoms with van der Waals surface area (Å²) in [4.78, 5) is 19.6. The molecular formula is C17H33N3O. The zero-order valence-electron chi connectivity index (χ0n) is 14.3. The average molecular weight is 295 g/mol. The lowest BCUT2D eigenvalue weighted by Gasteiger charge is -2.41. The highest BCUT2D eigenvalue weighted by atomic mass is 16.2. The molecule has 0 bridgehead atoms. The molecule has 0 N–H and O–H groups in total. The van der Waals surface area contributed by atoms with E-state index in [1.807, 2.05) is 0 Å². The van der Waals surface area contributed by atoms with E-state index in [1.54, 1.807) is 0 Å². The van der Waals surface area contributed by atoms with Gasteiger partial charge in [-0.25, -0.2) is 0 Å². The van der Waals surface area contributed by atoms with Gasteiger partial charge >= 0.3 is 0 Å². The van der Waals surface area contributed by atoms with Gasteiger partial charge < -0.3 is 9.80 Å². The molecule has 0 aromatic carbocycles. The molecule has 0 radical (unpaired) electrons. The Kier molecular flexibility index (Phi) is 6.06. The largest absolute Gasteiger partial charge is 0.336 e. The monoisotopic (exact) mass is 295 g/mol. The fourth-order valence-corrected chi connectivity index (χ4v) is 3.83. The van der Waals surface area contributed by atoms with Gasteiger partial charge in [-0.1, -0.05) is 13.8 Å². The maximum absolute atomic E-state index is 12.6. The van der Waals surface area contributed by atoms with Crippen LogP contribution in [0.4, 0.5) is 0 Å². The lowest BCUT2D eigenvalue weighted by Crippen LogP contribution is -2.54. The summed E-state index contributed by atoms with van der Waals surface area (Å²) < 4.78 is 0. The Morgan fingerprint density at radius 3 is 2.05 bits per heavy atom. The topological polar surface area (TPSA) is 26.8 Å². The van der Waals surface area contributed by atoms with Crippen molar-refractivity contribution in [3.05, 3.63) is 0 Å². The molecule has 0 saturated carbocycles. The predicted molar refractivity (Wildman–Crippen MR) is 87.3 cm³/mol. The van der Waals surface area contributed by atoms with Crippen LogP contribution in [0, 0.1) is 5.92 Å². The summed E-state index contributed by atoms with van der Waals surface area (Å²) in [6.07, 6.45) is 3.59. The van der Waals surface area contributed by atoms with E-state index in [1.165, 1.54) is 13.0 Å². The molecule has 4 nitrogen and oxygen atoms in total. The second kappa shape index (κ2) is 7.59. The third-order valence-corrected chi connectivity index (χ3v) is 4.93. The molecule has 2 atom stereocenters. The van der Waals surface area contributed by atoms with Crippen LogP contribution in [-0.4, -0.2) is 72.0 Å². The SMILES string of the molecule is CC(C)CN1CCN(CC(=O)N2C(C)CCCC2C)CC1. The molecule has 2 fully saturated rings. The Labute approximate surface area is 130 Å².